The second-order valence-corrected chi connectivity index (χ2v) is 7.19. The van der Waals surface area contributed by atoms with Crippen molar-refractivity contribution in [2.24, 2.45) is 11.8 Å². The summed E-state index contributed by atoms with van der Waals surface area (Å²) in [6.45, 7) is 15.2. The van der Waals surface area contributed by atoms with Crippen LogP contribution in [0.1, 0.15) is 40.5 Å². The lowest BCUT2D eigenvalue weighted by molar-refractivity contribution is -0.00990. The minimum atomic E-state index is -0.0302. The standard InChI is InChI=1S/C17H34N4O/c1-5-20(6-2)11-15-12-21-8-7-14(15)9-16(21)10-18-17(22)19-13(3)4/h13-16H,5-12H2,1-4H3,(H2,18,19,22)/t14-,15-,16+/m0/s1. The lowest BCUT2D eigenvalue weighted by atomic mass is 9.75. The molecule has 3 heterocycles. The summed E-state index contributed by atoms with van der Waals surface area (Å²) in [6.07, 6.45) is 2.58. The van der Waals surface area contributed by atoms with Gasteiger partial charge < -0.3 is 15.5 Å². The number of carbonyl (C=O) groups is 1. The zero-order chi connectivity index (χ0) is 16.1. The highest BCUT2D eigenvalue weighted by atomic mass is 16.2. The Morgan fingerprint density at radius 3 is 2.59 bits per heavy atom. The molecule has 3 aliphatic heterocycles. The largest absolute Gasteiger partial charge is 0.337 e. The molecule has 0 saturated carbocycles. The maximum atomic E-state index is 11.7. The minimum absolute atomic E-state index is 0.0302. The van der Waals surface area contributed by atoms with Gasteiger partial charge in [-0.3, -0.25) is 4.90 Å². The third kappa shape index (κ3) is 4.59. The SMILES string of the molecule is CCN(CC)C[C@H]1CN2CC[C@H]1C[C@@H]2CNC(=O)NC(C)C. The Morgan fingerprint density at radius 2 is 2.05 bits per heavy atom. The van der Waals surface area contributed by atoms with Crippen LogP contribution in [0.2, 0.25) is 0 Å². The van der Waals surface area contributed by atoms with Crippen molar-refractivity contribution in [3.8, 4) is 0 Å². The zero-order valence-corrected chi connectivity index (χ0v) is 14.8. The molecule has 2 N–H and O–H groups in total. The highest BCUT2D eigenvalue weighted by molar-refractivity contribution is 5.74. The first kappa shape index (κ1) is 17.5. The molecular formula is C17H34N4O. The number of rotatable bonds is 7. The number of nitrogens with one attached hydrogen (secondary N) is 2. The van der Waals surface area contributed by atoms with Gasteiger partial charge in [-0.1, -0.05) is 13.8 Å². The van der Waals surface area contributed by atoms with Gasteiger partial charge in [0.2, 0.25) is 0 Å². The Bertz CT molecular complexity index is 357. The van der Waals surface area contributed by atoms with Gasteiger partial charge in [-0.15, -0.1) is 0 Å². The summed E-state index contributed by atoms with van der Waals surface area (Å²) < 4.78 is 0. The second-order valence-electron chi connectivity index (χ2n) is 7.19. The minimum Gasteiger partial charge on any atom is -0.337 e. The molecule has 5 nitrogen and oxygen atoms in total. The van der Waals surface area contributed by atoms with Crippen LogP contribution in [0.15, 0.2) is 0 Å². The molecule has 0 aromatic carbocycles. The number of carbonyl (C=O) groups excluding carboxylic acids is 1. The van der Waals surface area contributed by atoms with Crippen molar-refractivity contribution in [2.75, 3.05) is 39.3 Å². The van der Waals surface area contributed by atoms with E-state index in [-0.39, 0.29) is 12.1 Å². The number of hydrogen-bond acceptors (Lipinski definition) is 3. The van der Waals surface area contributed by atoms with Gasteiger partial charge in [0.15, 0.2) is 0 Å². The molecule has 0 aromatic heterocycles. The van der Waals surface area contributed by atoms with Crippen LogP contribution in [0.5, 0.6) is 0 Å². The molecule has 128 valence electrons. The smallest absolute Gasteiger partial charge is 0.315 e. The Morgan fingerprint density at radius 1 is 1.32 bits per heavy atom. The molecule has 4 atom stereocenters. The summed E-state index contributed by atoms with van der Waals surface area (Å²) in [7, 11) is 0. The van der Waals surface area contributed by atoms with Gasteiger partial charge in [-0.2, -0.15) is 0 Å². The van der Waals surface area contributed by atoms with E-state index in [1.807, 2.05) is 13.8 Å². The Kier molecular flexibility index (Phi) is 6.50. The Labute approximate surface area is 135 Å². The topological polar surface area (TPSA) is 47.6 Å². The zero-order valence-electron chi connectivity index (χ0n) is 14.8. The molecule has 0 aromatic rings. The quantitative estimate of drug-likeness (QED) is 0.753. The van der Waals surface area contributed by atoms with Crippen molar-refractivity contribution < 1.29 is 4.79 Å². The first-order valence-corrected chi connectivity index (χ1v) is 9.04. The predicted octanol–water partition coefficient (Wildman–Crippen LogP) is 1.75. The van der Waals surface area contributed by atoms with E-state index in [9.17, 15) is 4.79 Å². The first-order chi connectivity index (χ1) is 10.5. The molecule has 3 saturated heterocycles. The van der Waals surface area contributed by atoms with Crippen LogP contribution in [0, 0.1) is 11.8 Å². The molecule has 22 heavy (non-hydrogen) atoms. The Hall–Kier alpha value is -0.810. The van der Waals surface area contributed by atoms with Crippen molar-refractivity contribution in [2.45, 2.75) is 52.6 Å². The van der Waals surface area contributed by atoms with Gasteiger partial charge in [0.25, 0.3) is 0 Å². The molecular weight excluding hydrogens is 276 g/mol. The number of urea groups is 1. The second kappa shape index (κ2) is 8.16. The van der Waals surface area contributed by atoms with E-state index in [0.29, 0.717) is 6.04 Å². The van der Waals surface area contributed by atoms with Crippen LogP contribution in [0.25, 0.3) is 0 Å². The average Bonchev–Trinajstić information content (AvgIpc) is 2.50. The summed E-state index contributed by atoms with van der Waals surface area (Å²) in [5, 5.41) is 5.95. The maximum Gasteiger partial charge on any atom is 0.315 e. The highest BCUT2D eigenvalue weighted by Gasteiger charge is 2.40. The summed E-state index contributed by atoms with van der Waals surface area (Å²) in [5.74, 6) is 1.65. The number of hydrogen-bond donors (Lipinski definition) is 2. The monoisotopic (exact) mass is 310 g/mol. The van der Waals surface area contributed by atoms with Crippen LogP contribution in [0.3, 0.4) is 0 Å². The predicted molar refractivity (Wildman–Crippen MR) is 91.0 cm³/mol. The molecule has 0 aliphatic carbocycles. The third-order valence-electron chi connectivity index (χ3n) is 5.32. The molecule has 1 unspecified atom stereocenters. The number of piperidine rings is 3. The van der Waals surface area contributed by atoms with Gasteiger partial charge >= 0.3 is 6.03 Å². The van der Waals surface area contributed by atoms with Gasteiger partial charge in [0.05, 0.1) is 0 Å². The molecule has 3 fully saturated rings. The van der Waals surface area contributed by atoms with Gasteiger partial charge in [-0.25, -0.2) is 4.79 Å². The van der Waals surface area contributed by atoms with Crippen LogP contribution < -0.4 is 10.6 Å². The van der Waals surface area contributed by atoms with Crippen molar-refractivity contribution >= 4 is 6.03 Å². The van der Waals surface area contributed by atoms with Gasteiger partial charge in [0.1, 0.15) is 0 Å². The Balaban J connectivity index is 1.79. The fourth-order valence-corrected chi connectivity index (χ4v) is 4.01. The van der Waals surface area contributed by atoms with E-state index in [0.717, 1.165) is 31.5 Å². The molecule has 2 bridgehead atoms. The van der Waals surface area contributed by atoms with E-state index in [4.69, 9.17) is 0 Å². The summed E-state index contributed by atoms with van der Waals surface area (Å²) in [4.78, 5) is 16.9. The van der Waals surface area contributed by atoms with Crippen LogP contribution in [0.4, 0.5) is 4.79 Å². The highest BCUT2D eigenvalue weighted by Crippen LogP contribution is 2.36. The maximum absolute atomic E-state index is 11.7. The first-order valence-electron chi connectivity index (χ1n) is 9.04. The van der Waals surface area contributed by atoms with Gasteiger partial charge in [0, 0.05) is 31.7 Å². The fraction of sp³-hybridized carbons (Fsp3) is 0.941. The number of amides is 2. The molecule has 2 amide bonds. The summed E-state index contributed by atoms with van der Waals surface area (Å²) >= 11 is 0. The average molecular weight is 310 g/mol. The van der Waals surface area contributed by atoms with Crippen molar-refractivity contribution in [3.05, 3.63) is 0 Å². The van der Waals surface area contributed by atoms with E-state index >= 15 is 0 Å². The summed E-state index contributed by atoms with van der Waals surface area (Å²) in [6, 6.07) is 0.698. The lowest BCUT2D eigenvalue weighted by Gasteiger charge is -2.50. The molecule has 3 aliphatic rings. The number of nitrogens with zero attached hydrogens (tertiary/aromatic N) is 2. The van der Waals surface area contributed by atoms with Crippen LogP contribution >= 0.6 is 0 Å². The van der Waals surface area contributed by atoms with Crippen LogP contribution in [-0.2, 0) is 0 Å². The fourth-order valence-electron chi connectivity index (χ4n) is 4.01. The molecule has 0 radical (unpaired) electrons. The molecule has 0 spiro atoms. The van der Waals surface area contributed by atoms with Crippen molar-refractivity contribution in [3.63, 3.8) is 0 Å². The van der Waals surface area contributed by atoms with E-state index in [1.165, 1.54) is 32.5 Å². The van der Waals surface area contributed by atoms with E-state index < -0.39 is 0 Å². The van der Waals surface area contributed by atoms with Crippen molar-refractivity contribution in [1.29, 1.82) is 0 Å². The van der Waals surface area contributed by atoms with Crippen LogP contribution in [-0.4, -0.2) is 67.2 Å². The lowest BCUT2D eigenvalue weighted by Crippen LogP contribution is -2.59. The van der Waals surface area contributed by atoms with Crippen molar-refractivity contribution in [1.82, 2.24) is 20.4 Å². The molecule has 3 rings (SSSR count). The number of fused-ring (bicyclic) bond motifs is 3. The third-order valence-corrected chi connectivity index (χ3v) is 5.32. The normalized spacial score (nSPS) is 30.8. The van der Waals surface area contributed by atoms with Gasteiger partial charge in [-0.05, 0) is 58.2 Å². The summed E-state index contributed by atoms with van der Waals surface area (Å²) in [5.41, 5.74) is 0. The van der Waals surface area contributed by atoms with E-state index in [2.05, 4.69) is 34.3 Å². The van der Waals surface area contributed by atoms with E-state index in [1.54, 1.807) is 0 Å². The molecule has 5 heteroatoms.